The predicted octanol–water partition coefficient (Wildman–Crippen LogP) is 3.18. The number of rotatable bonds is 5. The van der Waals surface area contributed by atoms with Crippen LogP contribution in [0.2, 0.25) is 0 Å². The van der Waals surface area contributed by atoms with E-state index in [-0.39, 0.29) is 16.9 Å². The number of carbonyl (C=O) groups is 1. The van der Waals surface area contributed by atoms with Crippen LogP contribution < -0.4 is 5.43 Å². The van der Waals surface area contributed by atoms with E-state index in [4.69, 9.17) is 0 Å². The number of nitrogens with one attached hydrogen (secondary N) is 1. The third-order valence-electron chi connectivity index (χ3n) is 2.67. The van der Waals surface area contributed by atoms with Crippen molar-refractivity contribution >= 4 is 39.8 Å². The highest BCUT2D eigenvalue weighted by Gasteiger charge is 2.14. The van der Waals surface area contributed by atoms with E-state index in [1.54, 1.807) is 31.3 Å². The molecule has 2 rings (SSSR count). The number of nitrogens with zero attached hydrogens (tertiary/aromatic N) is 2. The van der Waals surface area contributed by atoms with Gasteiger partial charge in [0.25, 0.3) is 5.91 Å². The fourth-order valence-corrected chi connectivity index (χ4v) is 2.72. The Labute approximate surface area is 141 Å². The molecular formula is C15H14BrN3O2S. The lowest BCUT2D eigenvalue weighted by atomic mass is 10.2. The van der Waals surface area contributed by atoms with Gasteiger partial charge in [-0.25, -0.2) is 10.4 Å². The Bertz CT molecular complexity index is 680. The molecular weight excluding hydrogens is 366 g/mol. The van der Waals surface area contributed by atoms with Crippen LogP contribution in [0.15, 0.2) is 57.2 Å². The average molecular weight is 380 g/mol. The maximum Gasteiger partial charge on any atom is 0.253 e. The minimum atomic E-state index is -0.330. The lowest BCUT2D eigenvalue weighted by Crippen LogP contribution is -2.26. The minimum absolute atomic E-state index is 0.0945. The average Bonchev–Trinajstić information content (AvgIpc) is 2.51. The molecule has 1 aromatic heterocycles. The standard InChI is InChI=1S/C15H14BrN3O2S/c1-10(22-14-4-2-3-7-17-14)15(21)19-18-9-11-8-12(16)5-6-13(11)20/h2-10,20H,1H3,(H,19,21)/b18-9+. The van der Waals surface area contributed by atoms with Crippen molar-refractivity contribution in [3.8, 4) is 5.75 Å². The van der Waals surface area contributed by atoms with E-state index in [1.165, 1.54) is 18.0 Å². The largest absolute Gasteiger partial charge is 0.507 e. The van der Waals surface area contributed by atoms with Crippen LogP contribution in [0.3, 0.4) is 0 Å². The van der Waals surface area contributed by atoms with Crippen LogP contribution in [-0.2, 0) is 4.79 Å². The Morgan fingerprint density at radius 1 is 1.45 bits per heavy atom. The first kappa shape index (κ1) is 16.5. The molecule has 1 amide bonds. The summed E-state index contributed by atoms with van der Waals surface area (Å²) in [6, 6.07) is 10.5. The van der Waals surface area contributed by atoms with Crippen molar-refractivity contribution in [2.75, 3.05) is 0 Å². The normalized spacial score (nSPS) is 12.3. The van der Waals surface area contributed by atoms with Gasteiger partial charge in [-0.3, -0.25) is 4.79 Å². The molecule has 114 valence electrons. The molecule has 0 aliphatic carbocycles. The molecule has 1 unspecified atom stereocenters. The van der Waals surface area contributed by atoms with Crippen LogP contribution >= 0.6 is 27.7 Å². The zero-order valence-electron chi connectivity index (χ0n) is 11.7. The van der Waals surface area contributed by atoms with Crippen LogP contribution in [0.4, 0.5) is 0 Å². The summed E-state index contributed by atoms with van der Waals surface area (Å²) in [5.41, 5.74) is 2.97. The van der Waals surface area contributed by atoms with E-state index in [0.717, 1.165) is 9.50 Å². The molecule has 5 nitrogen and oxygen atoms in total. The Morgan fingerprint density at radius 3 is 3.00 bits per heavy atom. The zero-order valence-corrected chi connectivity index (χ0v) is 14.1. The number of thioether (sulfide) groups is 1. The molecule has 0 saturated carbocycles. The van der Waals surface area contributed by atoms with Gasteiger partial charge in [-0.1, -0.05) is 33.8 Å². The molecule has 0 spiro atoms. The third-order valence-corrected chi connectivity index (χ3v) is 4.22. The van der Waals surface area contributed by atoms with Gasteiger partial charge >= 0.3 is 0 Å². The molecule has 0 aliphatic heterocycles. The molecule has 22 heavy (non-hydrogen) atoms. The van der Waals surface area contributed by atoms with Crippen molar-refractivity contribution in [3.63, 3.8) is 0 Å². The van der Waals surface area contributed by atoms with Crippen molar-refractivity contribution < 1.29 is 9.90 Å². The summed E-state index contributed by atoms with van der Waals surface area (Å²) in [4.78, 5) is 16.1. The Balaban J connectivity index is 1.91. The van der Waals surface area contributed by atoms with Gasteiger partial charge in [-0.05, 0) is 37.3 Å². The number of hydrogen-bond acceptors (Lipinski definition) is 5. The molecule has 0 fully saturated rings. The number of pyridine rings is 1. The highest BCUT2D eigenvalue weighted by atomic mass is 79.9. The SMILES string of the molecule is CC(Sc1ccccn1)C(=O)N/N=C/c1cc(Br)ccc1O. The second-order valence-corrected chi connectivity index (χ2v) is 6.64. The van der Waals surface area contributed by atoms with Gasteiger partial charge in [-0.2, -0.15) is 5.10 Å². The van der Waals surface area contributed by atoms with Gasteiger partial charge in [0.15, 0.2) is 0 Å². The number of hydrazone groups is 1. The molecule has 0 bridgehead atoms. The quantitative estimate of drug-likeness (QED) is 0.475. The van der Waals surface area contributed by atoms with Crippen LogP contribution in [0, 0.1) is 0 Å². The second-order valence-electron chi connectivity index (χ2n) is 4.37. The molecule has 1 aromatic carbocycles. The van der Waals surface area contributed by atoms with Gasteiger partial charge < -0.3 is 5.11 Å². The molecule has 2 aromatic rings. The van der Waals surface area contributed by atoms with Crippen LogP contribution in [0.1, 0.15) is 12.5 Å². The Hall–Kier alpha value is -1.86. The zero-order chi connectivity index (χ0) is 15.9. The van der Waals surface area contributed by atoms with Gasteiger partial charge in [0.2, 0.25) is 0 Å². The number of carbonyl (C=O) groups excluding carboxylic acids is 1. The number of benzene rings is 1. The number of hydrogen-bond donors (Lipinski definition) is 2. The number of amides is 1. The highest BCUT2D eigenvalue weighted by Crippen LogP contribution is 2.21. The summed E-state index contributed by atoms with van der Waals surface area (Å²) in [5, 5.41) is 14.0. The number of aromatic nitrogens is 1. The maximum atomic E-state index is 11.9. The summed E-state index contributed by atoms with van der Waals surface area (Å²) in [6.07, 6.45) is 3.08. The van der Waals surface area contributed by atoms with E-state index < -0.39 is 0 Å². The predicted molar refractivity (Wildman–Crippen MR) is 91.1 cm³/mol. The van der Waals surface area contributed by atoms with E-state index in [0.29, 0.717) is 5.56 Å². The number of halogens is 1. The highest BCUT2D eigenvalue weighted by molar-refractivity contribution is 9.10. The molecule has 1 atom stereocenters. The molecule has 0 aliphatic rings. The molecule has 0 saturated heterocycles. The van der Waals surface area contributed by atoms with Crippen LogP contribution in [0.25, 0.3) is 0 Å². The fourth-order valence-electron chi connectivity index (χ4n) is 1.54. The summed E-state index contributed by atoms with van der Waals surface area (Å²) in [6.45, 7) is 1.78. The first-order chi connectivity index (χ1) is 10.6. The van der Waals surface area contributed by atoms with E-state index >= 15 is 0 Å². The topological polar surface area (TPSA) is 74.6 Å². The Morgan fingerprint density at radius 2 is 2.27 bits per heavy atom. The third kappa shape index (κ3) is 4.85. The molecule has 7 heteroatoms. The van der Waals surface area contributed by atoms with Crippen LogP contribution in [0.5, 0.6) is 5.75 Å². The Kier molecular flexibility index (Phi) is 5.97. The van der Waals surface area contributed by atoms with Crippen molar-refractivity contribution in [1.29, 1.82) is 0 Å². The van der Waals surface area contributed by atoms with E-state index in [2.05, 4.69) is 31.4 Å². The second kappa shape index (κ2) is 7.95. The summed E-state index contributed by atoms with van der Waals surface area (Å²) < 4.78 is 0.817. The van der Waals surface area contributed by atoms with Crippen molar-refractivity contribution in [1.82, 2.24) is 10.4 Å². The minimum Gasteiger partial charge on any atom is -0.507 e. The lowest BCUT2D eigenvalue weighted by Gasteiger charge is -2.08. The van der Waals surface area contributed by atoms with Crippen molar-refractivity contribution in [2.24, 2.45) is 5.10 Å². The number of aromatic hydroxyl groups is 1. The number of phenolic OH excluding ortho intramolecular Hbond substituents is 1. The summed E-state index contributed by atoms with van der Waals surface area (Å²) >= 11 is 4.66. The molecule has 0 radical (unpaired) electrons. The van der Waals surface area contributed by atoms with E-state index in [9.17, 15) is 9.90 Å². The van der Waals surface area contributed by atoms with Crippen molar-refractivity contribution in [3.05, 3.63) is 52.6 Å². The molecule has 2 N–H and O–H groups in total. The van der Waals surface area contributed by atoms with Gasteiger partial charge in [0.1, 0.15) is 5.75 Å². The molecule has 1 heterocycles. The maximum absolute atomic E-state index is 11.9. The van der Waals surface area contributed by atoms with Gasteiger partial charge in [0.05, 0.1) is 16.5 Å². The first-order valence-corrected chi connectivity index (χ1v) is 8.12. The fraction of sp³-hybridized carbons (Fsp3) is 0.133. The van der Waals surface area contributed by atoms with E-state index in [1.807, 2.05) is 18.2 Å². The lowest BCUT2D eigenvalue weighted by molar-refractivity contribution is -0.120. The van der Waals surface area contributed by atoms with Gasteiger partial charge in [0, 0.05) is 16.2 Å². The smallest absolute Gasteiger partial charge is 0.253 e. The first-order valence-electron chi connectivity index (χ1n) is 6.45. The van der Waals surface area contributed by atoms with Crippen molar-refractivity contribution in [2.45, 2.75) is 17.2 Å². The van der Waals surface area contributed by atoms with Crippen LogP contribution in [-0.4, -0.2) is 27.5 Å². The number of phenols is 1. The summed E-state index contributed by atoms with van der Waals surface area (Å²) in [5.74, 6) is -0.140. The summed E-state index contributed by atoms with van der Waals surface area (Å²) in [7, 11) is 0. The monoisotopic (exact) mass is 379 g/mol. The van der Waals surface area contributed by atoms with Gasteiger partial charge in [-0.15, -0.1) is 0 Å².